The predicted molar refractivity (Wildman–Crippen MR) is 76.8 cm³/mol. The van der Waals surface area contributed by atoms with Crippen LogP contribution in [0.3, 0.4) is 0 Å². The molecule has 19 heavy (non-hydrogen) atoms. The van der Waals surface area contributed by atoms with Crippen LogP contribution in [0.25, 0.3) is 0 Å². The number of nitrogens with zero attached hydrogens (tertiary/aromatic N) is 2. The SMILES string of the molecule is Cc1cc(Oc2ncncc2Cl)c(C(C)C)cc1N. The van der Waals surface area contributed by atoms with Gasteiger partial charge in [0.25, 0.3) is 0 Å². The monoisotopic (exact) mass is 277 g/mol. The number of hydrogen-bond donors (Lipinski definition) is 1. The number of halogens is 1. The molecule has 0 saturated heterocycles. The molecule has 100 valence electrons. The van der Waals surface area contributed by atoms with Crippen molar-refractivity contribution in [1.29, 1.82) is 0 Å². The molecule has 0 atom stereocenters. The third kappa shape index (κ3) is 2.96. The predicted octanol–water partition coefficient (Wildman–Crippen LogP) is 3.94. The van der Waals surface area contributed by atoms with E-state index >= 15 is 0 Å². The van der Waals surface area contributed by atoms with Crippen LogP contribution in [0.1, 0.15) is 30.9 Å². The van der Waals surface area contributed by atoms with E-state index in [1.165, 1.54) is 12.5 Å². The number of benzene rings is 1. The van der Waals surface area contributed by atoms with Gasteiger partial charge in [-0.25, -0.2) is 9.97 Å². The summed E-state index contributed by atoms with van der Waals surface area (Å²) in [6.07, 6.45) is 2.91. The Labute approximate surface area is 117 Å². The van der Waals surface area contributed by atoms with Crippen molar-refractivity contribution in [2.75, 3.05) is 5.73 Å². The Morgan fingerprint density at radius 2 is 2.05 bits per heavy atom. The molecule has 1 heterocycles. The van der Waals surface area contributed by atoms with Crippen molar-refractivity contribution in [2.45, 2.75) is 26.7 Å². The van der Waals surface area contributed by atoms with Gasteiger partial charge in [-0.1, -0.05) is 25.4 Å². The van der Waals surface area contributed by atoms with Crippen molar-refractivity contribution >= 4 is 17.3 Å². The third-order valence-corrected chi connectivity index (χ3v) is 3.12. The van der Waals surface area contributed by atoms with Crippen LogP contribution in [-0.2, 0) is 0 Å². The summed E-state index contributed by atoms with van der Waals surface area (Å²) in [6, 6.07) is 3.84. The summed E-state index contributed by atoms with van der Waals surface area (Å²) in [4.78, 5) is 7.86. The molecular formula is C14H16ClN3O. The quantitative estimate of drug-likeness (QED) is 0.863. The molecule has 2 aromatic rings. The number of nitrogens with two attached hydrogens (primary N) is 1. The van der Waals surface area contributed by atoms with Gasteiger partial charge in [-0.3, -0.25) is 0 Å². The van der Waals surface area contributed by atoms with Gasteiger partial charge in [0.2, 0.25) is 5.88 Å². The molecule has 0 radical (unpaired) electrons. The van der Waals surface area contributed by atoms with Gasteiger partial charge >= 0.3 is 0 Å². The van der Waals surface area contributed by atoms with Crippen LogP contribution in [0.5, 0.6) is 11.6 Å². The average molecular weight is 278 g/mol. The minimum Gasteiger partial charge on any atom is -0.437 e. The fourth-order valence-corrected chi connectivity index (χ4v) is 1.88. The van der Waals surface area contributed by atoms with Crippen molar-refractivity contribution in [3.8, 4) is 11.6 Å². The van der Waals surface area contributed by atoms with Gasteiger partial charge < -0.3 is 10.5 Å². The van der Waals surface area contributed by atoms with E-state index in [-0.39, 0.29) is 0 Å². The summed E-state index contributed by atoms with van der Waals surface area (Å²) >= 11 is 6.00. The van der Waals surface area contributed by atoms with E-state index in [4.69, 9.17) is 22.1 Å². The molecule has 1 aromatic heterocycles. The lowest BCUT2D eigenvalue weighted by Gasteiger charge is -2.16. The van der Waals surface area contributed by atoms with E-state index in [0.717, 1.165) is 22.6 Å². The maximum absolute atomic E-state index is 6.00. The van der Waals surface area contributed by atoms with Gasteiger partial charge in [0.15, 0.2) is 0 Å². The molecule has 0 unspecified atom stereocenters. The summed E-state index contributed by atoms with van der Waals surface area (Å²) in [6.45, 7) is 6.10. The fraction of sp³-hybridized carbons (Fsp3) is 0.286. The minimum absolute atomic E-state index is 0.290. The zero-order valence-corrected chi connectivity index (χ0v) is 11.9. The zero-order valence-electron chi connectivity index (χ0n) is 11.1. The molecule has 4 nitrogen and oxygen atoms in total. The van der Waals surface area contributed by atoms with Crippen LogP contribution in [0, 0.1) is 6.92 Å². The first kappa shape index (κ1) is 13.6. The van der Waals surface area contributed by atoms with Crippen LogP contribution in [0.2, 0.25) is 5.02 Å². The Kier molecular flexibility index (Phi) is 3.90. The average Bonchev–Trinajstić information content (AvgIpc) is 2.36. The van der Waals surface area contributed by atoms with Crippen molar-refractivity contribution < 1.29 is 4.74 Å². The number of aryl methyl sites for hydroxylation is 1. The highest BCUT2D eigenvalue weighted by Gasteiger charge is 2.13. The topological polar surface area (TPSA) is 61.0 Å². The molecule has 0 spiro atoms. The molecule has 5 heteroatoms. The van der Waals surface area contributed by atoms with E-state index in [2.05, 4.69) is 23.8 Å². The molecule has 2 N–H and O–H groups in total. The van der Waals surface area contributed by atoms with Crippen molar-refractivity contribution in [2.24, 2.45) is 0 Å². The summed E-state index contributed by atoms with van der Waals surface area (Å²) in [7, 11) is 0. The van der Waals surface area contributed by atoms with E-state index < -0.39 is 0 Å². The number of rotatable bonds is 3. The van der Waals surface area contributed by atoms with Crippen molar-refractivity contribution in [3.05, 3.63) is 40.8 Å². The van der Waals surface area contributed by atoms with Gasteiger partial charge in [-0.05, 0) is 36.1 Å². The van der Waals surface area contributed by atoms with E-state index in [0.29, 0.717) is 16.8 Å². The lowest BCUT2D eigenvalue weighted by Crippen LogP contribution is -2.00. The highest BCUT2D eigenvalue weighted by molar-refractivity contribution is 6.31. The standard InChI is InChI=1S/C14H16ClN3O/c1-8(2)10-5-12(16)9(3)4-13(10)19-14-11(15)6-17-7-18-14/h4-8H,16H2,1-3H3. The van der Waals surface area contributed by atoms with Crippen LogP contribution >= 0.6 is 11.6 Å². The molecule has 0 aliphatic heterocycles. The first-order chi connectivity index (χ1) is 8.99. The first-order valence-corrected chi connectivity index (χ1v) is 6.40. The first-order valence-electron chi connectivity index (χ1n) is 6.02. The number of hydrogen-bond acceptors (Lipinski definition) is 4. The largest absolute Gasteiger partial charge is 0.437 e. The van der Waals surface area contributed by atoms with Crippen LogP contribution in [-0.4, -0.2) is 9.97 Å². The molecule has 0 aliphatic rings. The Hall–Kier alpha value is -1.81. The maximum atomic E-state index is 6.00. The molecule has 0 bridgehead atoms. The number of ether oxygens (including phenoxy) is 1. The highest BCUT2D eigenvalue weighted by Crippen LogP contribution is 2.35. The molecular weight excluding hydrogens is 262 g/mol. The van der Waals surface area contributed by atoms with Gasteiger partial charge in [-0.2, -0.15) is 0 Å². The summed E-state index contributed by atoms with van der Waals surface area (Å²) in [5.41, 5.74) is 8.69. The second-order valence-electron chi connectivity index (χ2n) is 4.68. The summed E-state index contributed by atoms with van der Waals surface area (Å²) < 4.78 is 5.80. The number of anilines is 1. The lowest BCUT2D eigenvalue weighted by molar-refractivity contribution is 0.453. The zero-order chi connectivity index (χ0) is 14.0. The number of aromatic nitrogens is 2. The smallest absolute Gasteiger partial charge is 0.241 e. The van der Waals surface area contributed by atoms with Gasteiger partial charge in [0.05, 0.1) is 6.20 Å². The van der Waals surface area contributed by atoms with Crippen LogP contribution in [0.4, 0.5) is 5.69 Å². The molecule has 0 aliphatic carbocycles. The Bertz CT molecular complexity index is 599. The normalized spacial score (nSPS) is 10.8. The lowest BCUT2D eigenvalue weighted by atomic mass is 9.99. The van der Waals surface area contributed by atoms with Gasteiger partial charge in [0.1, 0.15) is 17.1 Å². The van der Waals surface area contributed by atoms with E-state index in [9.17, 15) is 0 Å². The Morgan fingerprint density at radius 3 is 2.68 bits per heavy atom. The fourth-order valence-electron chi connectivity index (χ4n) is 1.74. The van der Waals surface area contributed by atoms with E-state index in [1.54, 1.807) is 0 Å². The van der Waals surface area contributed by atoms with E-state index in [1.807, 2.05) is 19.1 Å². The van der Waals surface area contributed by atoms with Gasteiger partial charge in [0, 0.05) is 5.69 Å². The minimum atomic E-state index is 0.290. The van der Waals surface area contributed by atoms with Crippen molar-refractivity contribution in [3.63, 3.8) is 0 Å². The highest BCUT2D eigenvalue weighted by atomic mass is 35.5. The Balaban J connectivity index is 2.45. The molecule has 0 fully saturated rings. The van der Waals surface area contributed by atoms with Crippen molar-refractivity contribution in [1.82, 2.24) is 9.97 Å². The second-order valence-corrected chi connectivity index (χ2v) is 5.09. The molecule has 0 saturated carbocycles. The van der Waals surface area contributed by atoms with Crippen LogP contribution < -0.4 is 10.5 Å². The molecule has 1 aromatic carbocycles. The van der Waals surface area contributed by atoms with Crippen LogP contribution in [0.15, 0.2) is 24.7 Å². The third-order valence-electron chi connectivity index (χ3n) is 2.86. The van der Waals surface area contributed by atoms with Gasteiger partial charge in [-0.15, -0.1) is 0 Å². The summed E-state index contributed by atoms with van der Waals surface area (Å²) in [5.74, 6) is 1.36. The summed E-state index contributed by atoms with van der Waals surface area (Å²) in [5, 5.41) is 0.381. The molecule has 2 rings (SSSR count). The molecule has 0 amide bonds. The Morgan fingerprint density at radius 1 is 1.32 bits per heavy atom. The second kappa shape index (κ2) is 5.45. The number of nitrogen functional groups attached to an aromatic ring is 1. The maximum Gasteiger partial charge on any atom is 0.241 e.